The van der Waals surface area contributed by atoms with Gasteiger partial charge in [-0.3, -0.25) is 9.89 Å². The highest BCUT2D eigenvalue weighted by atomic mass is 19.1. The lowest BCUT2D eigenvalue weighted by Gasteiger charge is -2.16. The van der Waals surface area contributed by atoms with Crippen LogP contribution in [-0.2, 0) is 6.54 Å². The number of hydrogen-bond donors (Lipinski definition) is 2. The molecule has 2 N–H and O–H groups in total. The van der Waals surface area contributed by atoms with E-state index in [0.717, 1.165) is 12.1 Å². The quantitative estimate of drug-likeness (QED) is 0.882. The Kier molecular flexibility index (Phi) is 4.46. The van der Waals surface area contributed by atoms with E-state index in [2.05, 4.69) is 20.5 Å². The summed E-state index contributed by atoms with van der Waals surface area (Å²) in [4.78, 5) is 17.3. The Bertz CT molecular complexity index is 606. The predicted octanol–water partition coefficient (Wildman–Crippen LogP) is 1.79. The van der Waals surface area contributed by atoms with E-state index in [1.165, 1.54) is 18.3 Å². The first-order valence-corrected chi connectivity index (χ1v) is 6.35. The van der Waals surface area contributed by atoms with Gasteiger partial charge in [0, 0.05) is 19.2 Å². The lowest BCUT2D eigenvalue weighted by atomic mass is 10.1. The number of H-pyrrole nitrogens is 1. The first-order valence-electron chi connectivity index (χ1n) is 6.35. The third-order valence-electron chi connectivity index (χ3n) is 2.84. The second-order valence-electron chi connectivity index (χ2n) is 4.44. The molecule has 112 valence electrons. The maximum atomic E-state index is 13.8. The number of nitrogens with one attached hydrogen (secondary N) is 2. The summed E-state index contributed by atoms with van der Waals surface area (Å²) in [5.41, 5.74) is -0.291. The van der Waals surface area contributed by atoms with Gasteiger partial charge >= 0.3 is 0 Å². The van der Waals surface area contributed by atoms with Crippen molar-refractivity contribution < 1.29 is 13.6 Å². The molecule has 0 aliphatic rings. The van der Waals surface area contributed by atoms with E-state index in [1.807, 2.05) is 0 Å². The van der Waals surface area contributed by atoms with Crippen LogP contribution in [-0.4, -0.2) is 39.6 Å². The van der Waals surface area contributed by atoms with Crippen molar-refractivity contribution in [2.24, 2.45) is 0 Å². The van der Waals surface area contributed by atoms with Crippen LogP contribution in [0.3, 0.4) is 0 Å². The number of halogens is 2. The molecule has 0 atom stereocenters. The zero-order valence-electron chi connectivity index (χ0n) is 11.7. The van der Waals surface area contributed by atoms with Crippen molar-refractivity contribution in [2.75, 3.05) is 18.9 Å². The molecule has 0 aliphatic heterocycles. The predicted molar refractivity (Wildman–Crippen MR) is 72.7 cm³/mol. The molecule has 0 radical (unpaired) electrons. The van der Waals surface area contributed by atoms with Crippen LogP contribution in [0.1, 0.15) is 23.1 Å². The van der Waals surface area contributed by atoms with E-state index in [4.69, 9.17) is 0 Å². The molecule has 0 bridgehead atoms. The van der Waals surface area contributed by atoms with Gasteiger partial charge in [0.15, 0.2) is 0 Å². The molecule has 0 saturated heterocycles. The molecule has 0 unspecified atom stereocenters. The summed E-state index contributed by atoms with van der Waals surface area (Å²) in [5, 5.41) is 8.85. The van der Waals surface area contributed by atoms with Gasteiger partial charge < -0.3 is 10.2 Å². The first kappa shape index (κ1) is 14.9. The lowest BCUT2D eigenvalue weighted by molar-refractivity contribution is 0.0780. The van der Waals surface area contributed by atoms with Crippen molar-refractivity contribution in [1.29, 1.82) is 0 Å². The fraction of sp³-hybridized carbons (Fsp3) is 0.308. The third kappa shape index (κ3) is 3.33. The van der Waals surface area contributed by atoms with E-state index in [1.54, 1.807) is 6.92 Å². The molecule has 1 aromatic carbocycles. The molecule has 2 rings (SSSR count). The van der Waals surface area contributed by atoms with Gasteiger partial charge in [0.2, 0.25) is 0 Å². The smallest absolute Gasteiger partial charge is 0.254 e. The van der Waals surface area contributed by atoms with Gasteiger partial charge in [0.25, 0.3) is 5.91 Å². The van der Waals surface area contributed by atoms with Crippen LogP contribution in [0.2, 0.25) is 0 Å². The number of nitrogens with zero attached hydrogens (tertiary/aromatic N) is 3. The normalized spacial score (nSPS) is 10.5. The summed E-state index contributed by atoms with van der Waals surface area (Å²) in [6.07, 6.45) is 1.32. The minimum atomic E-state index is -0.798. The number of carbonyl (C=O) groups excluding carboxylic acids is 1. The van der Waals surface area contributed by atoms with Crippen molar-refractivity contribution in [1.82, 2.24) is 20.1 Å². The average molecular weight is 295 g/mol. The molecule has 1 heterocycles. The summed E-state index contributed by atoms with van der Waals surface area (Å²) in [6, 6.07) is 2.03. The van der Waals surface area contributed by atoms with Gasteiger partial charge in [-0.1, -0.05) is 0 Å². The van der Waals surface area contributed by atoms with Gasteiger partial charge in [-0.25, -0.2) is 13.8 Å². The second-order valence-corrected chi connectivity index (χ2v) is 4.44. The maximum absolute atomic E-state index is 13.8. The summed E-state index contributed by atoms with van der Waals surface area (Å²) in [6.45, 7) is 2.27. The summed E-state index contributed by atoms with van der Waals surface area (Å²) < 4.78 is 27.6. The Labute approximate surface area is 120 Å². The van der Waals surface area contributed by atoms with Gasteiger partial charge in [0.05, 0.1) is 6.54 Å². The number of aromatic amines is 1. The summed E-state index contributed by atoms with van der Waals surface area (Å²) in [5.74, 6) is -1.62. The number of rotatable bonds is 5. The number of benzene rings is 1. The van der Waals surface area contributed by atoms with Crippen molar-refractivity contribution in [3.8, 4) is 0 Å². The van der Waals surface area contributed by atoms with Crippen LogP contribution in [0.15, 0.2) is 18.5 Å². The van der Waals surface area contributed by atoms with Crippen molar-refractivity contribution in [2.45, 2.75) is 13.5 Å². The molecule has 0 spiro atoms. The maximum Gasteiger partial charge on any atom is 0.254 e. The zero-order valence-corrected chi connectivity index (χ0v) is 11.7. The molecule has 0 saturated carbocycles. The number of carbonyl (C=O) groups is 1. The van der Waals surface area contributed by atoms with E-state index in [0.29, 0.717) is 12.4 Å². The van der Waals surface area contributed by atoms with Gasteiger partial charge in [-0.05, 0) is 19.1 Å². The molecule has 6 nitrogen and oxygen atoms in total. The SMILES string of the molecule is CCNc1c(F)cc(C(=O)N(C)Cc2ncn[nH]2)cc1F. The molecule has 1 amide bonds. The molecule has 1 aromatic heterocycles. The van der Waals surface area contributed by atoms with E-state index in [-0.39, 0.29) is 17.8 Å². The minimum Gasteiger partial charge on any atom is -0.381 e. The highest BCUT2D eigenvalue weighted by molar-refractivity contribution is 5.94. The summed E-state index contributed by atoms with van der Waals surface area (Å²) in [7, 11) is 1.51. The van der Waals surface area contributed by atoms with Crippen LogP contribution in [0.25, 0.3) is 0 Å². The molecule has 0 fully saturated rings. The molecule has 21 heavy (non-hydrogen) atoms. The Hall–Kier alpha value is -2.51. The number of amides is 1. The van der Waals surface area contributed by atoms with E-state index >= 15 is 0 Å². The molecular formula is C13H15F2N5O. The number of hydrogen-bond acceptors (Lipinski definition) is 4. The van der Waals surface area contributed by atoms with E-state index < -0.39 is 17.5 Å². The number of anilines is 1. The Balaban J connectivity index is 2.19. The van der Waals surface area contributed by atoms with Crippen LogP contribution in [0, 0.1) is 11.6 Å². The Morgan fingerprint density at radius 3 is 2.57 bits per heavy atom. The van der Waals surface area contributed by atoms with Crippen molar-refractivity contribution in [3.05, 3.63) is 41.5 Å². The highest BCUT2D eigenvalue weighted by Crippen LogP contribution is 2.21. The van der Waals surface area contributed by atoms with Gasteiger partial charge in [-0.15, -0.1) is 0 Å². The van der Waals surface area contributed by atoms with Crippen molar-refractivity contribution in [3.63, 3.8) is 0 Å². The zero-order chi connectivity index (χ0) is 15.4. The summed E-state index contributed by atoms with van der Waals surface area (Å²) >= 11 is 0. The van der Waals surface area contributed by atoms with Gasteiger partial charge in [0.1, 0.15) is 29.5 Å². The van der Waals surface area contributed by atoms with E-state index in [9.17, 15) is 13.6 Å². The third-order valence-corrected chi connectivity index (χ3v) is 2.84. The fourth-order valence-corrected chi connectivity index (χ4v) is 1.87. The van der Waals surface area contributed by atoms with Crippen molar-refractivity contribution >= 4 is 11.6 Å². The van der Waals surface area contributed by atoms with Crippen LogP contribution >= 0.6 is 0 Å². The standard InChI is InChI=1S/C13H15F2N5O/c1-3-16-12-9(14)4-8(5-10(12)15)13(21)20(2)6-11-17-7-18-19-11/h4-5,7,16H,3,6H2,1-2H3,(H,17,18,19). The fourth-order valence-electron chi connectivity index (χ4n) is 1.87. The Morgan fingerprint density at radius 2 is 2.05 bits per heavy atom. The largest absolute Gasteiger partial charge is 0.381 e. The molecular weight excluding hydrogens is 280 g/mol. The molecule has 0 aliphatic carbocycles. The van der Waals surface area contributed by atoms with Crippen LogP contribution < -0.4 is 5.32 Å². The van der Waals surface area contributed by atoms with Crippen LogP contribution in [0.5, 0.6) is 0 Å². The Morgan fingerprint density at radius 1 is 1.38 bits per heavy atom. The molecule has 8 heteroatoms. The van der Waals surface area contributed by atoms with Crippen LogP contribution in [0.4, 0.5) is 14.5 Å². The lowest BCUT2D eigenvalue weighted by Crippen LogP contribution is -2.27. The second kappa shape index (κ2) is 6.29. The molecule has 2 aromatic rings. The first-order chi connectivity index (χ1) is 10.0. The minimum absolute atomic E-state index is 0.0614. The number of aromatic nitrogens is 3. The average Bonchev–Trinajstić information content (AvgIpc) is 2.94. The van der Waals surface area contributed by atoms with Gasteiger partial charge in [-0.2, -0.15) is 5.10 Å². The topological polar surface area (TPSA) is 73.9 Å². The highest BCUT2D eigenvalue weighted by Gasteiger charge is 2.18. The monoisotopic (exact) mass is 295 g/mol.